The molecular weight excluding hydrogens is 306 g/mol. The molecule has 2 aliphatic rings. The first-order valence-corrected chi connectivity index (χ1v) is 9.10. The summed E-state index contributed by atoms with van der Waals surface area (Å²) in [5.74, 6) is 0.743. The minimum absolute atomic E-state index is 0.231. The number of nitrogens with one attached hydrogen (secondary N) is 1. The highest BCUT2D eigenvalue weighted by Gasteiger charge is 2.21. The Morgan fingerprint density at radius 2 is 1.92 bits per heavy atom. The lowest BCUT2D eigenvalue weighted by atomic mass is 9.89. The second kappa shape index (κ2) is 8.42. The van der Waals surface area contributed by atoms with Crippen molar-refractivity contribution in [2.24, 2.45) is 5.92 Å². The Kier molecular flexibility index (Phi) is 6.01. The Balaban J connectivity index is 1.36. The molecule has 0 bridgehead atoms. The van der Waals surface area contributed by atoms with Crippen molar-refractivity contribution >= 4 is 11.7 Å². The fraction of sp³-hybridized carbons (Fsp3) is 0.667. The van der Waals surface area contributed by atoms with E-state index in [-0.39, 0.29) is 11.8 Å². The predicted octanol–water partition coefficient (Wildman–Crippen LogP) is 2.04. The zero-order valence-corrected chi connectivity index (χ0v) is 14.2. The lowest BCUT2D eigenvalue weighted by Gasteiger charge is -2.35. The van der Waals surface area contributed by atoms with Gasteiger partial charge < -0.3 is 10.2 Å². The van der Waals surface area contributed by atoms with Crippen LogP contribution in [0.4, 0.5) is 10.2 Å². The van der Waals surface area contributed by atoms with E-state index in [1.807, 2.05) is 6.07 Å². The number of amides is 1. The van der Waals surface area contributed by atoms with Crippen LogP contribution in [0.5, 0.6) is 0 Å². The highest BCUT2D eigenvalue weighted by atomic mass is 18.2. The van der Waals surface area contributed by atoms with Crippen molar-refractivity contribution in [1.82, 2.24) is 15.2 Å². The van der Waals surface area contributed by atoms with Crippen LogP contribution in [-0.4, -0.2) is 55.1 Å². The molecule has 2 fully saturated rings. The standard InChI is InChI=1S/C18H27FN4O/c19-16-7-4-8-17(21-16)23-13-11-22(12-14-23)10-9-20-18(24)15-5-2-1-3-6-15/h4,7-8,15H,1-3,5-6,9-14H2,(H,20,24)/i19-1. The molecule has 3 rings (SSSR count). The lowest BCUT2D eigenvalue weighted by molar-refractivity contribution is -0.125. The predicted molar refractivity (Wildman–Crippen MR) is 92.4 cm³/mol. The molecule has 0 aromatic carbocycles. The highest BCUT2D eigenvalue weighted by molar-refractivity contribution is 5.78. The Hall–Kier alpha value is -1.69. The van der Waals surface area contributed by atoms with Crippen LogP contribution in [0, 0.1) is 11.9 Å². The van der Waals surface area contributed by atoms with Crippen LogP contribution < -0.4 is 10.2 Å². The Bertz CT molecular complexity index is 540. The summed E-state index contributed by atoms with van der Waals surface area (Å²) in [5.41, 5.74) is 0. The first-order chi connectivity index (χ1) is 11.7. The third-order valence-electron chi connectivity index (χ3n) is 5.10. The maximum absolute atomic E-state index is 13.2. The molecule has 1 aliphatic heterocycles. The summed E-state index contributed by atoms with van der Waals surface area (Å²) >= 11 is 0. The molecule has 1 saturated carbocycles. The van der Waals surface area contributed by atoms with Crippen molar-refractivity contribution in [3.05, 3.63) is 24.1 Å². The SMILES string of the molecule is O=C(NCCN1CCN(c2cccc([18F])n2)CC1)C1CCCCC1. The third-order valence-corrected chi connectivity index (χ3v) is 5.10. The molecule has 24 heavy (non-hydrogen) atoms. The smallest absolute Gasteiger partial charge is 0.223 e. The van der Waals surface area contributed by atoms with Crippen molar-refractivity contribution < 1.29 is 9.18 Å². The molecule has 1 aromatic heterocycles. The van der Waals surface area contributed by atoms with E-state index in [4.69, 9.17) is 0 Å². The number of hydrogen-bond donors (Lipinski definition) is 1. The van der Waals surface area contributed by atoms with Gasteiger partial charge in [0.15, 0.2) is 0 Å². The minimum Gasteiger partial charge on any atom is -0.355 e. The third kappa shape index (κ3) is 4.66. The Labute approximate surface area is 143 Å². The van der Waals surface area contributed by atoms with Crippen LogP contribution in [-0.2, 0) is 4.79 Å². The number of piperazine rings is 1. The summed E-state index contributed by atoms with van der Waals surface area (Å²) in [6.07, 6.45) is 5.74. The van der Waals surface area contributed by atoms with Crippen molar-refractivity contribution in [3.8, 4) is 0 Å². The van der Waals surface area contributed by atoms with Crippen LogP contribution in [0.1, 0.15) is 32.1 Å². The number of halogens is 1. The van der Waals surface area contributed by atoms with E-state index in [0.717, 1.165) is 45.6 Å². The number of nitrogens with zero attached hydrogens (tertiary/aromatic N) is 3. The van der Waals surface area contributed by atoms with E-state index in [9.17, 15) is 9.18 Å². The molecule has 2 heterocycles. The van der Waals surface area contributed by atoms with E-state index in [2.05, 4.69) is 20.1 Å². The minimum atomic E-state index is -0.430. The summed E-state index contributed by atoms with van der Waals surface area (Å²) in [6, 6.07) is 4.92. The molecule has 0 radical (unpaired) electrons. The molecule has 5 nitrogen and oxygen atoms in total. The lowest BCUT2D eigenvalue weighted by Crippen LogP contribution is -2.49. The van der Waals surface area contributed by atoms with E-state index in [1.54, 1.807) is 6.07 Å². The van der Waals surface area contributed by atoms with E-state index in [0.29, 0.717) is 12.4 Å². The average molecular weight is 333 g/mol. The summed E-state index contributed by atoms with van der Waals surface area (Å²) in [7, 11) is 0. The highest BCUT2D eigenvalue weighted by Crippen LogP contribution is 2.23. The number of carbonyl (C=O) groups excluding carboxylic acids is 1. The van der Waals surface area contributed by atoms with Gasteiger partial charge in [-0.25, -0.2) is 4.98 Å². The van der Waals surface area contributed by atoms with Crippen molar-refractivity contribution in [1.29, 1.82) is 0 Å². The number of hydrogen-bond acceptors (Lipinski definition) is 4. The Morgan fingerprint density at radius 1 is 1.17 bits per heavy atom. The summed E-state index contributed by atoms with van der Waals surface area (Å²) in [6.45, 7) is 5.10. The van der Waals surface area contributed by atoms with Gasteiger partial charge in [0.05, 0.1) is 0 Å². The maximum atomic E-state index is 13.2. The average Bonchev–Trinajstić information content (AvgIpc) is 2.63. The molecule has 0 atom stereocenters. The summed E-state index contributed by atoms with van der Waals surface area (Å²) in [5, 5.41) is 3.09. The topological polar surface area (TPSA) is 48.5 Å². The van der Waals surface area contributed by atoms with Gasteiger partial charge in [-0.15, -0.1) is 0 Å². The monoisotopic (exact) mass is 333 g/mol. The van der Waals surface area contributed by atoms with Crippen LogP contribution in [0.15, 0.2) is 18.2 Å². The molecule has 1 aliphatic carbocycles. The molecule has 1 saturated heterocycles. The molecule has 0 spiro atoms. The molecule has 1 amide bonds. The number of aromatic nitrogens is 1. The number of carbonyl (C=O) groups is 1. The van der Waals surface area contributed by atoms with Crippen molar-refractivity contribution in [2.75, 3.05) is 44.2 Å². The van der Waals surface area contributed by atoms with Crippen molar-refractivity contribution in [2.45, 2.75) is 32.1 Å². The molecule has 6 heteroatoms. The van der Waals surface area contributed by atoms with E-state index < -0.39 is 5.95 Å². The molecule has 132 valence electrons. The van der Waals surface area contributed by atoms with Gasteiger partial charge in [0.1, 0.15) is 5.82 Å². The van der Waals surface area contributed by atoms with Gasteiger partial charge in [-0.3, -0.25) is 9.69 Å². The fourth-order valence-corrected chi connectivity index (χ4v) is 3.62. The fourth-order valence-electron chi connectivity index (χ4n) is 3.62. The van der Waals surface area contributed by atoms with E-state index >= 15 is 0 Å². The second-order valence-corrected chi connectivity index (χ2v) is 6.77. The molecule has 1 N–H and O–H groups in total. The number of rotatable bonds is 5. The molecule has 1 aromatic rings. The van der Waals surface area contributed by atoms with Gasteiger partial charge in [-0.2, -0.15) is 4.39 Å². The molecule has 0 unspecified atom stereocenters. The molecular formula is C18H27FN4O. The summed E-state index contributed by atoms with van der Waals surface area (Å²) in [4.78, 5) is 20.5. The zero-order chi connectivity index (χ0) is 16.8. The van der Waals surface area contributed by atoms with Gasteiger partial charge in [0.2, 0.25) is 11.9 Å². The van der Waals surface area contributed by atoms with Gasteiger partial charge in [-0.05, 0) is 25.0 Å². The first-order valence-electron chi connectivity index (χ1n) is 9.10. The van der Waals surface area contributed by atoms with Crippen LogP contribution in [0.3, 0.4) is 0 Å². The maximum Gasteiger partial charge on any atom is 0.223 e. The zero-order valence-electron chi connectivity index (χ0n) is 14.2. The van der Waals surface area contributed by atoms with E-state index in [1.165, 1.54) is 25.3 Å². The van der Waals surface area contributed by atoms with Gasteiger partial charge in [-0.1, -0.05) is 25.3 Å². The second-order valence-electron chi connectivity index (χ2n) is 6.77. The van der Waals surface area contributed by atoms with Crippen LogP contribution >= 0.6 is 0 Å². The number of anilines is 1. The van der Waals surface area contributed by atoms with Crippen LogP contribution in [0.2, 0.25) is 0 Å². The van der Waals surface area contributed by atoms with Gasteiger partial charge in [0.25, 0.3) is 0 Å². The number of pyridine rings is 1. The van der Waals surface area contributed by atoms with Crippen LogP contribution in [0.25, 0.3) is 0 Å². The van der Waals surface area contributed by atoms with Gasteiger partial charge >= 0.3 is 0 Å². The summed E-state index contributed by atoms with van der Waals surface area (Å²) < 4.78 is 13.2. The largest absolute Gasteiger partial charge is 0.355 e. The normalized spacial score (nSPS) is 20.1. The van der Waals surface area contributed by atoms with Gasteiger partial charge in [0, 0.05) is 45.2 Å². The quantitative estimate of drug-likeness (QED) is 0.838. The van der Waals surface area contributed by atoms with Crippen molar-refractivity contribution in [3.63, 3.8) is 0 Å². The Morgan fingerprint density at radius 3 is 2.62 bits per heavy atom. The first kappa shape index (κ1) is 17.1.